The van der Waals surface area contributed by atoms with Crippen molar-refractivity contribution >= 4 is 17.1 Å². The van der Waals surface area contributed by atoms with Crippen molar-refractivity contribution in [3.63, 3.8) is 0 Å². The highest BCUT2D eigenvalue weighted by Gasteiger charge is 2.39. The molecule has 0 radical (unpaired) electrons. The molecule has 2 unspecified atom stereocenters. The van der Waals surface area contributed by atoms with E-state index >= 15 is 0 Å². The predicted molar refractivity (Wildman–Crippen MR) is 73.6 cm³/mol. The molecule has 1 fully saturated rings. The van der Waals surface area contributed by atoms with Gasteiger partial charge in [0.15, 0.2) is 0 Å². The van der Waals surface area contributed by atoms with E-state index in [1.165, 1.54) is 16.2 Å². The van der Waals surface area contributed by atoms with Gasteiger partial charge in [0.25, 0.3) is 0 Å². The fourth-order valence-electron chi connectivity index (χ4n) is 2.92. The van der Waals surface area contributed by atoms with Crippen LogP contribution in [0.15, 0.2) is 12.1 Å². The summed E-state index contributed by atoms with van der Waals surface area (Å²) in [7, 11) is 0. The third-order valence-corrected chi connectivity index (χ3v) is 5.47. The van der Waals surface area contributed by atoms with Gasteiger partial charge in [-0.15, -0.1) is 11.3 Å². The zero-order valence-electron chi connectivity index (χ0n) is 11.2. The second-order valence-electron chi connectivity index (χ2n) is 6.04. The van der Waals surface area contributed by atoms with Crippen molar-refractivity contribution in [3.05, 3.63) is 21.9 Å². The maximum Gasteiger partial charge on any atom is 0.137 e. The van der Waals surface area contributed by atoms with Crippen molar-refractivity contribution in [1.29, 1.82) is 0 Å². The van der Waals surface area contributed by atoms with E-state index in [0.717, 1.165) is 12.8 Å². The highest BCUT2D eigenvalue weighted by molar-refractivity contribution is 7.12. The molecule has 0 spiro atoms. The molecule has 2 rings (SSSR count). The molecule has 0 amide bonds. The lowest BCUT2D eigenvalue weighted by molar-refractivity contribution is -0.127. The van der Waals surface area contributed by atoms with E-state index < -0.39 is 0 Å². The van der Waals surface area contributed by atoms with Crippen LogP contribution >= 0.6 is 11.3 Å². The molecule has 1 aliphatic rings. The van der Waals surface area contributed by atoms with E-state index in [4.69, 9.17) is 0 Å². The fourth-order valence-corrected chi connectivity index (χ4v) is 3.94. The van der Waals surface area contributed by atoms with Crippen LogP contribution in [0.25, 0.3) is 0 Å². The number of hydrogen-bond acceptors (Lipinski definition) is 2. The highest BCUT2D eigenvalue weighted by Crippen LogP contribution is 2.42. The van der Waals surface area contributed by atoms with Crippen LogP contribution in [0.4, 0.5) is 0 Å². The van der Waals surface area contributed by atoms with Crippen LogP contribution in [0.3, 0.4) is 0 Å². The van der Waals surface area contributed by atoms with Crippen LogP contribution in [0.2, 0.25) is 0 Å². The zero-order chi connectivity index (χ0) is 12.6. The van der Waals surface area contributed by atoms with Gasteiger partial charge in [0, 0.05) is 27.5 Å². The van der Waals surface area contributed by atoms with Gasteiger partial charge in [-0.2, -0.15) is 0 Å². The van der Waals surface area contributed by atoms with Crippen molar-refractivity contribution in [2.45, 2.75) is 52.4 Å². The van der Waals surface area contributed by atoms with E-state index in [1.807, 2.05) is 11.3 Å². The van der Waals surface area contributed by atoms with Crippen molar-refractivity contribution in [3.8, 4) is 0 Å². The topological polar surface area (TPSA) is 17.1 Å². The Morgan fingerprint density at radius 2 is 2.00 bits per heavy atom. The van der Waals surface area contributed by atoms with Gasteiger partial charge in [0.2, 0.25) is 0 Å². The minimum Gasteiger partial charge on any atom is -0.299 e. The molecule has 0 N–H and O–H groups in total. The van der Waals surface area contributed by atoms with Crippen LogP contribution < -0.4 is 0 Å². The molecule has 1 nitrogen and oxygen atoms in total. The quantitative estimate of drug-likeness (QED) is 0.763. The Morgan fingerprint density at radius 1 is 1.29 bits per heavy atom. The lowest BCUT2D eigenvalue weighted by Gasteiger charge is -2.36. The molecule has 17 heavy (non-hydrogen) atoms. The van der Waals surface area contributed by atoms with Crippen molar-refractivity contribution in [2.24, 2.45) is 11.8 Å². The maximum absolute atomic E-state index is 12.2. The third-order valence-electron chi connectivity index (χ3n) is 4.13. The van der Waals surface area contributed by atoms with E-state index in [9.17, 15) is 4.79 Å². The standard InChI is InChI=1S/C15H22OS/c1-10-5-7-12(13(16)9-10)15(3,4)14-8-6-11(2)17-14/h6,8,10,12H,5,7,9H2,1-4H3. The average molecular weight is 250 g/mol. The predicted octanol–water partition coefficient (Wildman–Crippen LogP) is 4.34. The fraction of sp³-hybridized carbons (Fsp3) is 0.667. The Hall–Kier alpha value is -0.630. The van der Waals surface area contributed by atoms with Gasteiger partial charge in [-0.1, -0.05) is 20.8 Å². The molecule has 1 aromatic rings. The van der Waals surface area contributed by atoms with Gasteiger partial charge in [-0.05, 0) is 37.8 Å². The number of aryl methyl sites for hydroxylation is 1. The van der Waals surface area contributed by atoms with Crippen LogP contribution in [0.5, 0.6) is 0 Å². The Bertz CT molecular complexity index is 416. The minimum atomic E-state index is 0.0101. The van der Waals surface area contributed by atoms with Gasteiger partial charge in [-0.25, -0.2) is 0 Å². The van der Waals surface area contributed by atoms with E-state index in [0.29, 0.717) is 11.7 Å². The number of carbonyl (C=O) groups is 1. The monoisotopic (exact) mass is 250 g/mol. The number of carbonyl (C=O) groups excluding carboxylic acids is 1. The lowest BCUT2D eigenvalue weighted by Crippen LogP contribution is -2.37. The summed E-state index contributed by atoms with van der Waals surface area (Å²) >= 11 is 1.84. The number of hydrogen-bond donors (Lipinski definition) is 0. The Labute approximate surface area is 108 Å². The molecule has 94 valence electrons. The van der Waals surface area contributed by atoms with Gasteiger partial charge in [0.1, 0.15) is 5.78 Å². The van der Waals surface area contributed by atoms with Gasteiger partial charge >= 0.3 is 0 Å². The molecular weight excluding hydrogens is 228 g/mol. The van der Waals surface area contributed by atoms with Crippen molar-refractivity contribution in [2.75, 3.05) is 0 Å². The van der Waals surface area contributed by atoms with Gasteiger partial charge in [0.05, 0.1) is 0 Å². The lowest BCUT2D eigenvalue weighted by atomic mass is 9.67. The van der Waals surface area contributed by atoms with Gasteiger partial charge < -0.3 is 0 Å². The van der Waals surface area contributed by atoms with Crippen LogP contribution in [-0.2, 0) is 10.2 Å². The molecule has 1 heterocycles. The smallest absolute Gasteiger partial charge is 0.137 e. The molecule has 1 aromatic heterocycles. The van der Waals surface area contributed by atoms with Crippen LogP contribution in [0.1, 0.15) is 49.8 Å². The Balaban J connectivity index is 2.23. The minimum absolute atomic E-state index is 0.0101. The van der Waals surface area contributed by atoms with E-state index in [1.54, 1.807) is 0 Å². The summed E-state index contributed by atoms with van der Waals surface area (Å²) in [6.07, 6.45) is 3.03. The highest BCUT2D eigenvalue weighted by atomic mass is 32.1. The summed E-state index contributed by atoms with van der Waals surface area (Å²) in [5.41, 5.74) is 0.0101. The molecular formula is C15H22OS. The summed E-state index contributed by atoms with van der Waals surface area (Å²) in [4.78, 5) is 14.9. The molecule has 0 aliphatic heterocycles. The SMILES string of the molecule is Cc1ccc(C(C)(C)C2CCC(C)CC2=O)s1. The first-order valence-electron chi connectivity index (χ1n) is 6.51. The maximum atomic E-state index is 12.2. The first-order chi connectivity index (χ1) is 7.91. The van der Waals surface area contributed by atoms with Crippen molar-refractivity contribution < 1.29 is 4.79 Å². The molecule has 1 saturated carbocycles. The number of ketones is 1. The molecule has 2 atom stereocenters. The molecule has 2 heteroatoms. The summed E-state index contributed by atoms with van der Waals surface area (Å²) < 4.78 is 0. The summed E-state index contributed by atoms with van der Waals surface area (Å²) in [5.74, 6) is 1.27. The summed E-state index contributed by atoms with van der Waals surface area (Å²) in [6, 6.07) is 4.36. The van der Waals surface area contributed by atoms with Crippen LogP contribution in [0, 0.1) is 18.8 Å². The average Bonchev–Trinajstić information content (AvgIpc) is 2.64. The molecule has 1 aliphatic carbocycles. The zero-order valence-corrected chi connectivity index (χ0v) is 12.1. The largest absolute Gasteiger partial charge is 0.299 e. The van der Waals surface area contributed by atoms with Crippen LogP contribution in [-0.4, -0.2) is 5.78 Å². The van der Waals surface area contributed by atoms with Crippen molar-refractivity contribution in [1.82, 2.24) is 0 Å². The number of Topliss-reactive ketones (excluding diaryl/α,β-unsaturated/α-hetero) is 1. The number of thiophene rings is 1. The van der Waals surface area contributed by atoms with Gasteiger partial charge in [-0.3, -0.25) is 4.79 Å². The second-order valence-corrected chi connectivity index (χ2v) is 7.33. The Morgan fingerprint density at radius 3 is 2.53 bits per heavy atom. The Kier molecular flexibility index (Phi) is 3.44. The first kappa shape index (κ1) is 12.8. The summed E-state index contributed by atoms with van der Waals surface area (Å²) in [5, 5.41) is 0. The second kappa shape index (κ2) is 4.56. The molecule has 0 bridgehead atoms. The normalized spacial score (nSPS) is 26.2. The third kappa shape index (κ3) is 2.47. The molecule has 0 saturated heterocycles. The summed E-state index contributed by atoms with van der Waals surface area (Å²) in [6.45, 7) is 8.79. The van der Waals surface area contributed by atoms with E-state index in [-0.39, 0.29) is 11.3 Å². The van der Waals surface area contributed by atoms with E-state index in [2.05, 4.69) is 39.8 Å². The first-order valence-corrected chi connectivity index (χ1v) is 7.32. The molecule has 0 aromatic carbocycles. The number of rotatable bonds is 2.